The summed E-state index contributed by atoms with van der Waals surface area (Å²) >= 11 is 0. The standard InChI is InChI=1S/C8H10F3N3O.ClH/c9-8(10,11)6-13-5(14-15-6)7(12)3-1-2-4-7;/h1-4,12H2;1H. The first-order valence-corrected chi connectivity index (χ1v) is 4.62. The van der Waals surface area contributed by atoms with Crippen molar-refractivity contribution in [3.63, 3.8) is 0 Å². The summed E-state index contributed by atoms with van der Waals surface area (Å²) in [5, 5.41) is 3.31. The van der Waals surface area contributed by atoms with E-state index in [4.69, 9.17) is 5.73 Å². The van der Waals surface area contributed by atoms with Crippen LogP contribution in [0.1, 0.15) is 37.4 Å². The topological polar surface area (TPSA) is 64.9 Å². The fraction of sp³-hybridized carbons (Fsp3) is 0.750. The summed E-state index contributed by atoms with van der Waals surface area (Å²) in [6.45, 7) is 0. The fourth-order valence-corrected chi connectivity index (χ4v) is 1.77. The Morgan fingerprint density at radius 2 is 1.81 bits per heavy atom. The normalized spacial score (nSPS) is 19.5. The molecule has 4 nitrogen and oxygen atoms in total. The molecule has 0 bridgehead atoms. The predicted molar refractivity (Wildman–Crippen MR) is 50.9 cm³/mol. The van der Waals surface area contributed by atoms with Crippen LogP contribution in [0.3, 0.4) is 0 Å². The van der Waals surface area contributed by atoms with Crippen LogP contribution in [0.25, 0.3) is 0 Å². The van der Waals surface area contributed by atoms with Gasteiger partial charge in [-0.1, -0.05) is 18.0 Å². The Hall–Kier alpha value is -0.820. The number of alkyl halides is 3. The summed E-state index contributed by atoms with van der Waals surface area (Å²) in [4.78, 5) is 3.31. The van der Waals surface area contributed by atoms with E-state index >= 15 is 0 Å². The summed E-state index contributed by atoms with van der Waals surface area (Å²) in [6, 6.07) is 0. The highest BCUT2D eigenvalue weighted by molar-refractivity contribution is 5.85. The van der Waals surface area contributed by atoms with Crippen molar-refractivity contribution in [3.05, 3.63) is 11.7 Å². The Morgan fingerprint density at radius 1 is 1.25 bits per heavy atom. The molecule has 1 aromatic heterocycles. The lowest BCUT2D eigenvalue weighted by molar-refractivity contribution is -0.159. The number of halogens is 4. The number of nitrogens with two attached hydrogens (primary N) is 1. The summed E-state index contributed by atoms with van der Waals surface area (Å²) < 4.78 is 40.7. The molecule has 2 N–H and O–H groups in total. The van der Waals surface area contributed by atoms with E-state index in [0.717, 1.165) is 12.8 Å². The van der Waals surface area contributed by atoms with Crippen LogP contribution in [0, 0.1) is 0 Å². The zero-order chi connectivity index (χ0) is 11.1. The number of hydrogen-bond donors (Lipinski definition) is 1. The van der Waals surface area contributed by atoms with Crippen molar-refractivity contribution in [3.8, 4) is 0 Å². The second kappa shape index (κ2) is 4.21. The first-order chi connectivity index (χ1) is 6.92. The number of hydrogen-bond acceptors (Lipinski definition) is 4. The molecule has 0 atom stereocenters. The highest BCUT2D eigenvalue weighted by Gasteiger charge is 2.42. The Bertz CT molecular complexity index is 360. The first kappa shape index (κ1) is 13.2. The lowest BCUT2D eigenvalue weighted by Crippen LogP contribution is -2.34. The van der Waals surface area contributed by atoms with E-state index in [0.29, 0.717) is 12.8 Å². The molecular formula is C8H11ClF3N3O. The average molecular weight is 258 g/mol. The van der Waals surface area contributed by atoms with Crippen molar-refractivity contribution < 1.29 is 17.7 Å². The molecule has 8 heteroatoms. The largest absolute Gasteiger partial charge is 0.471 e. The lowest BCUT2D eigenvalue weighted by Gasteiger charge is -2.17. The van der Waals surface area contributed by atoms with Gasteiger partial charge in [-0.25, -0.2) is 0 Å². The molecule has 1 aromatic rings. The third kappa shape index (κ3) is 2.30. The highest BCUT2D eigenvalue weighted by Crippen LogP contribution is 2.36. The number of nitrogens with zero attached hydrogens (tertiary/aromatic N) is 2. The summed E-state index contributed by atoms with van der Waals surface area (Å²) in [6.07, 6.45) is -1.63. The molecular weight excluding hydrogens is 247 g/mol. The van der Waals surface area contributed by atoms with Gasteiger partial charge in [0.2, 0.25) is 0 Å². The van der Waals surface area contributed by atoms with Crippen LogP contribution in [0.5, 0.6) is 0 Å². The van der Waals surface area contributed by atoms with Crippen LogP contribution in [0.4, 0.5) is 13.2 Å². The molecule has 2 rings (SSSR count). The molecule has 0 spiro atoms. The summed E-state index contributed by atoms with van der Waals surface area (Å²) in [5.41, 5.74) is 5.04. The van der Waals surface area contributed by atoms with Gasteiger partial charge in [-0.3, -0.25) is 0 Å². The van der Waals surface area contributed by atoms with Crippen LogP contribution in [-0.4, -0.2) is 10.1 Å². The van der Waals surface area contributed by atoms with Crippen LogP contribution < -0.4 is 5.73 Å². The molecule has 0 radical (unpaired) electrons. The Labute approximate surface area is 95.8 Å². The minimum atomic E-state index is -4.60. The number of rotatable bonds is 1. The molecule has 0 saturated heterocycles. The molecule has 0 aliphatic heterocycles. The third-order valence-corrected chi connectivity index (χ3v) is 2.61. The van der Waals surface area contributed by atoms with E-state index in [9.17, 15) is 13.2 Å². The van der Waals surface area contributed by atoms with Gasteiger partial charge in [0, 0.05) is 0 Å². The van der Waals surface area contributed by atoms with E-state index in [2.05, 4.69) is 14.7 Å². The molecule has 1 aliphatic carbocycles. The Morgan fingerprint density at radius 3 is 2.25 bits per heavy atom. The minimum Gasteiger partial charge on any atom is -0.329 e. The van der Waals surface area contributed by atoms with Gasteiger partial charge in [-0.15, -0.1) is 12.4 Å². The van der Waals surface area contributed by atoms with Gasteiger partial charge in [0.25, 0.3) is 0 Å². The maximum absolute atomic E-state index is 12.2. The zero-order valence-electron chi connectivity index (χ0n) is 8.25. The Kier molecular flexibility index (Phi) is 3.49. The maximum atomic E-state index is 12.2. The van der Waals surface area contributed by atoms with Crippen LogP contribution in [-0.2, 0) is 11.7 Å². The van der Waals surface area contributed by atoms with E-state index in [-0.39, 0.29) is 18.2 Å². The van der Waals surface area contributed by atoms with E-state index < -0.39 is 17.6 Å². The van der Waals surface area contributed by atoms with Crippen LogP contribution >= 0.6 is 12.4 Å². The number of aromatic nitrogens is 2. The van der Waals surface area contributed by atoms with Crippen molar-refractivity contribution in [1.29, 1.82) is 0 Å². The second-order valence-corrected chi connectivity index (χ2v) is 3.78. The van der Waals surface area contributed by atoms with Crippen LogP contribution in [0.15, 0.2) is 4.52 Å². The van der Waals surface area contributed by atoms with Gasteiger partial charge in [-0.05, 0) is 12.8 Å². The van der Waals surface area contributed by atoms with Gasteiger partial charge in [-0.2, -0.15) is 18.2 Å². The summed E-state index contributed by atoms with van der Waals surface area (Å²) in [5.74, 6) is -1.36. The molecule has 1 heterocycles. The van der Waals surface area contributed by atoms with E-state index in [1.165, 1.54) is 0 Å². The quantitative estimate of drug-likeness (QED) is 0.838. The van der Waals surface area contributed by atoms with Gasteiger partial charge in [0.1, 0.15) is 0 Å². The molecule has 1 fully saturated rings. The summed E-state index contributed by atoms with van der Waals surface area (Å²) in [7, 11) is 0. The molecule has 16 heavy (non-hydrogen) atoms. The SMILES string of the molecule is Cl.NC1(c2noc(C(F)(F)F)n2)CCCC1. The van der Waals surface area contributed by atoms with Crippen molar-refractivity contribution in [2.24, 2.45) is 5.73 Å². The monoisotopic (exact) mass is 257 g/mol. The van der Waals surface area contributed by atoms with E-state index in [1.807, 2.05) is 0 Å². The van der Waals surface area contributed by atoms with Crippen LogP contribution in [0.2, 0.25) is 0 Å². The third-order valence-electron chi connectivity index (χ3n) is 2.61. The molecule has 92 valence electrons. The molecule has 0 unspecified atom stereocenters. The minimum absolute atomic E-state index is 0. The van der Waals surface area contributed by atoms with E-state index in [1.54, 1.807) is 0 Å². The fourth-order valence-electron chi connectivity index (χ4n) is 1.77. The Balaban J connectivity index is 0.00000128. The van der Waals surface area contributed by atoms with Gasteiger partial charge >= 0.3 is 12.1 Å². The molecule has 0 amide bonds. The van der Waals surface area contributed by atoms with Gasteiger partial charge in [0.05, 0.1) is 5.54 Å². The van der Waals surface area contributed by atoms with Crippen molar-refractivity contribution in [2.75, 3.05) is 0 Å². The first-order valence-electron chi connectivity index (χ1n) is 4.62. The van der Waals surface area contributed by atoms with Crippen molar-refractivity contribution >= 4 is 12.4 Å². The highest BCUT2D eigenvalue weighted by atomic mass is 35.5. The predicted octanol–water partition coefficient (Wildman–Crippen LogP) is 2.24. The van der Waals surface area contributed by atoms with Gasteiger partial charge < -0.3 is 10.3 Å². The zero-order valence-corrected chi connectivity index (χ0v) is 9.07. The second-order valence-electron chi connectivity index (χ2n) is 3.78. The lowest BCUT2D eigenvalue weighted by atomic mass is 9.99. The molecule has 0 aromatic carbocycles. The maximum Gasteiger partial charge on any atom is 0.471 e. The molecule has 1 saturated carbocycles. The van der Waals surface area contributed by atoms with Gasteiger partial charge in [0.15, 0.2) is 5.82 Å². The molecule has 1 aliphatic rings. The smallest absolute Gasteiger partial charge is 0.329 e. The average Bonchev–Trinajstić information content (AvgIpc) is 2.69. The van der Waals surface area contributed by atoms with Crippen molar-refractivity contribution in [2.45, 2.75) is 37.4 Å². The van der Waals surface area contributed by atoms with Crippen molar-refractivity contribution in [1.82, 2.24) is 10.1 Å².